The molecule has 3 aromatic carbocycles. The van der Waals surface area contributed by atoms with Gasteiger partial charge in [-0.15, -0.1) is 0 Å². The first-order valence-corrected chi connectivity index (χ1v) is 12.3. The van der Waals surface area contributed by atoms with E-state index in [0.29, 0.717) is 6.54 Å². The maximum absolute atomic E-state index is 13.0. The average molecular weight is 477 g/mol. The molecule has 1 saturated carbocycles. The minimum atomic E-state index is -4.32. The summed E-state index contributed by atoms with van der Waals surface area (Å²) >= 11 is 0. The third-order valence-electron chi connectivity index (χ3n) is 7.49. The molecular weight excluding hydrogens is 445 g/mol. The Labute approximate surface area is 205 Å². The summed E-state index contributed by atoms with van der Waals surface area (Å²) in [4.78, 5) is 2.33. The van der Waals surface area contributed by atoms with E-state index in [4.69, 9.17) is 0 Å². The van der Waals surface area contributed by atoms with Crippen LogP contribution in [0.1, 0.15) is 65.6 Å². The number of rotatable bonds is 7. The van der Waals surface area contributed by atoms with E-state index in [1.54, 1.807) is 12.1 Å². The Morgan fingerprint density at radius 3 is 2.31 bits per heavy atom. The number of anilines is 1. The average Bonchev–Trinajstić information content (AvgIpc) is 3.55. The molecule has 1 aliphatic heterocycles. The minimum absolute atomic E-state index is 0.151. The number of aryl methyl sites for hydroxylation is 1. The summed E-state index contributed by atoms with van der Waals surface area (Å²) in [7, 11) is 0. The highest BCUT2D eigenvalue weighted by Gasteiger charge is 2.52. The number of para-hydroxylation sites is 1. The van der Waals surface area contributed by atoms with Crippen LogP contribution in [-0.2, 0) is 18.1 Å². The van der Waals surface area contributed by atoms with E-state index in [0.717, 1.165) is 42.6 Å². The SMILES string of the molecule is C=C(NC(CC)c1ccc(C)cc1)c1cccc2c1N(Cc1ccc(C(F)(F)F)cc1)CC21CC1. The maximum Gasteiger partial charge on any atom is 0.416 e. The van der Waals surface area contributed by atoms with Crippen LogP contribution in [0.4, 0.5) is 18.9 Å². The van der Waals surface area contributed by atoms with E-state index < -0.39 is 11.7 Å². The molecule has 1 aliphatic carbocycles. The summed E-state index contributed by atoms with van der Waals surface area (Å²) in [6, 6.07) is 20.7. The Balaban J connectivity index is 1.42. The van der Waals surface area contributed by atoms with Crippen LogP contribution in [0.25, 0.3) is 5.70 Å². The van der Waals surface area contributed by atoms with Crippen molar-refractivity contribution in [2.75, 3.05) is 11.4 Å². The molecule has 3 aromatic rings. The summed E-state index contributed by atoms with van der Waals surface area (Å²) in [5.74, 6) is 0. The van der Waals surface area contributed by atoms with Crippen molar-refractivity contribution in [1.29, 1.82) is 0 Å². The van der Waals surface area contributed by atoms with Gasteiger partial charge in [-0.2, -0.15) is 13.2 Å². The second-order valence-corrected chi connectivity index (χ2v) is 10.0. The molecule has 5 rings (SSSR count). The third-order valence-corrected chi connectivity index (χ3v) is 7.49. The minimum Gasteiger partial charge on any atom is -0.378 e. The quantitative estimate of drug-likeness (QED) is 0.375. The van der Waals surface area contributed by atoms with Crippen molar-refractivity contribution in [2.24, 2.45) is 0 Å². The molecule has 1 heterocycles. The molecule has 1 N–H and O–H groups in total. The molecule has 1 fully saturated rings. The van der Waals surface area contributed by atoms with Crippen molar-refractivity contribution in [1.82, 2.24) is 5.32 Å². The fourth-order valence-electron chi connectivity index (χ4n) is 5.33. The smallest absolute Gasteiger partial charge is 0.378 e. The molecule has 0 saturated heterocycles. The molecule has 5 heteroatoms. The Bertz CT molecular complexity index is 1220. The van der Waals surface area contributed by atoms with Gasteiger partial charge < -0.3 is 10.2 Å². The van der Waals surface area contributed by atoms with Gasteiger partial charge in [-0.05, 0) is 55.0 Å². The molecule has 1 atom stereocenters. The van der Waals surface area contributed by atoms with Crippen molar-refractivity contribution >= 4 is 11.4 Å². The van der Waals surface area contributed by atoms with Crippen LogP contribution in [0.5, 0.6) is 0 Å². The number of hydrogen-bond acceptors (Lipinski definition) is 2. The van der Waals surface area contributed by atoms with E-state index in [9.17, 15) is 13.2 Å². The van der Waals surface area contributed by atoms with Crippen LogP contribution in [0.15, 0.2) is 73.3 Å². The lowest BCUT2D eigenvalue weighted by Gasteiger charge is -2.26. The zero-order valence-electron chi connectivity index (χ0n) is 20.3. The van der Waals surface area contributed by atoms with E-state index in [1.807, 2.05) is 0 Å². The maximum atomic E-state index is 13.0. The zero-order chi connectivity index (χ0) is 24.8. The third kappa shape index (κ3) is 4.56. The summed E-state index contributed by atoms with van der Waals surface area (Å²) in [5, 5.41) is 3.66. The van der Waals surface area contributed by atoms with Gasteiger partial charge in [0.25, 0.3) is 0 Å². The van der Waals surface area contributed by atoms with Gasteiger partial charge in [0.05, 0.1) is 17.3 Å². The molecule has 0 amide bonds. The number of halogens is 3. The van der Waals surface area contributed by atoms with E-state index in [-0.39, 0.29) is 11.5 Å². The van der Waals surface area contributed by atoms with Crippen molar-refractivity contribution in [3.8, 4) is 0 Å². The summed E-state index contributed by atoms with van der Waals surface area (Å²) in [5.41, 5.74) is 7.35. The molecular formula is C30H31F3N2. The van der Waals surface area contributed by atoms with Crippen molar-refractivity contribution in [2.45, 2.75) is 57.3 Å². The monoisotopic (exact) mass is 476 g/mol. The van der Waals surface area contributed by atoms with Gasteiger partial charge in [0, 0.05) is 29.8 Å². The van der Waals surface area contributed by atoms with Crippen LogP contribution in [0.3, 0.4) is 0 Å². The predicted octanol–water partition coefficient (Wildman–Crippen LogP) is 7.78. The van der Waals surface area contributed by atoms with Gasteiger partial charge in [-0.25, -0.2) is 0 Å². The molecule has 182 valence electrons. The standard InChI is InChI=1S/C30H31F3N2/c1-4-27(23-12-8-20(2)9-13-23)34-21(3)25-6-5-7-26-28(25)35(19-29(26)16-17-29)18-22-10-14-24(15-11-22)30(31,32)33/h5-15,27,34H,3-4,16-19H2,1-2H3. The normalized spacial score (nSPS) is 16.8. The molecule has 0 bridgehead atoms. The Morgan fingerprint density at radius 1 is 1.03 bits per heavy atom. The van der Waals surface area contributed by atoms with Gasteiger partial charge in [0.15, 0.2) is 0 Å². The second-order valence-electron chi connectivity index (χ2n) is 10.0. The number of nitrogens with zero attached hydrogens (tertiary/aromatic N) is 1. The molecule has 35 heavy (non-hydrogen) atoms. The topological polar surface area (TPSA) is 15.3 Å². The summed E-state index contributed by atoms with van der Waals surface area (Å²) in [6.07, 6.45) is -1.10. The van der Waals surface area contributed by atoms with Crippen molar-refractivity contribution < 1.29 is 13.2 Å². The van der Waals surface area contributed by atoms with Crippen LogP contribution >= 0.6 is 0 Å². The number of alkyl halides is 3. The zero-order valence-corrected chi connectivity index (χ0v) is 20.3. The Hall–Kier alpha value is -3.21. The molecule has 0 radical (unpaired) electrons. The predicted molar refractivity (Wildman–Crippen MR) is 136 cm³/mol. The second kappa shape index (κ2) is 8.78. The molecule has 2 nitrogen and oxygen atoms in total. The van der Waals surface area contributed by atoms with Crippen molar-refractivity contribution in [3.05, 3.63) is 107 Å². The van der Waals surface area contributed by atoms with Crippen LogP contribution < -0.4 is 10.2 Å². The van der Waals surface area contributed by atoms with Crippen molar-refractivity contribution in [3.63, 3.8) is 0 Å². The van der Waals surface area contributed by atoms with Crippen LogP contribution in [0, 0.1) is 6.92 Å². The summed E-state index contributed by atoms with van der Waals surface area (Å²) in [6.45, 7) is 10.1. The van der Waals surface area contributed by atoms with Gasteiger partial charge in [0.2, 0.25) is 0 Å². The lowest BCUT2D eigenvalue weighted by Crippen LogP contribution is -2.25. The largest absolute Gasteiger partial charge is 0.416 e. The highest BCUT2D eigenvalue weighted by molar-refractivity contribution is 5.81. The number of nitrogens with one attached hydrogen (secondary N) is 1. The Kier molecular flexibility index (Phi) is 5.90. The van der Waals surface area contributed by atoms with E-state index in [2.05, 4.69) is 73.1 Å². The van der Waals surface area contributed by atoms with E-state index >= 15 is 0 Å². The van der Waals surface area contributed by atoms with Gasteiger partial charge >= 0.3 is 6.18 Å². The molecule has 0 aromatic heterocycles. The number of hydrogen-bond donors (Lipinski definition) is 1. The molecule has 2 aliphatic rings. The van der Waals surface area contributed by atoms with E-state index in [1.165, 1.54) is 34.5 Å². The highest BCUT2D eigenvalue weighted by atomic mass is 19.4. The Morgan fingerprint density at radius 2 is 1.71 bits per heavy atom. The van der Waals surface area contributed by atoms with Crippen LogP contribution in [0.2, 0.25) is 0 Å². The fourth-order valence-corrected chi connectivity index (χ4v) is 5.33. The summed E-state index contributed by atoms with van der Waals surface area (Å²) < 4.78 is 39.1. The molecule has 1 unspecified atom stereocenters. The number of fused-ring (bicyclic) bond motifs is 2. The number of benzene rings is 3. The molecule has 1 spiro atoms. The van der Waals surface area contributed by atoms with Crippen LogP contribution in [-0.4, -0.2) is 6.54 Å². The highest BCUT2D eigenvalue weighted by Crippen LogP contribution is 2.58. The van der Waals surface area contributed by atoms with Gasteiger partial charge in [-0.1, -0.05) is 73.7 Å². The lowest BCUT2D eigenvalue weighted by molar-refractivity contribution is -0.137. The first-order valence-electron chi connectivity index (χ1n) is 12.3. The fraction of sp³-hybridized carbons (Fsp3) is 0.333. The first-order chi connectivity index (χ1) is 16.7. The first kappa shape index (κ1) is 23.5. The van der Waals surface area contributed by atoms with Gasteiger partial charge in [0.1, 0.15) is 0 Å². The lowest BCUT2D eigenvalue weighted by atomic mass is 9.95. The van der Waals surface area contributed by atoms with Gasteiger partial charge in [-0.3, -0.25) is 0 Å².